The van der Waals surface area contributed by atoms with Gasteiger partial charge in [-0.15, -0.1) is 0 Å². The molecule has 0 atom stereocenters. The number of piperidine rings is 1. The Balaban J connectivity index is 2.24. The van der Waals surface area contributed by atoms with Crippen LogP contribution in [-0.2, 0) is 14.3 Å². The molecule has 1 aliphatic heterocycles. The van der Waals surface area contributed by atoms with Crippen molar-refractivity contribution in [2.75, 3.05) is 40.5 Å². The molecule has 1 heterocycles. The molecule has 0 aliphatic carbocycles. The molecule has 1 aliphatic rings. The molecule has 1 rings (SSSR count). The molecule has 0 unspecified atom stereocenters. The number of rotatable bonds is 4. The van der Waals surface area contributed by atoms with Crippen LogP contribution in [0.1, 0.15) is 12.8 Å². The zero-order valence-corrected chi connectivity index (χ0v) is 8.99. The number of ether oxygens (including phenoxy) is 2. The highest BCUT2D eigenvalue weighted by Gasteiger charge is 2.22. The van der Waals surface area contributed by atoms with Gasteiger partial charge in [0.15, 0.2) is 0 Å². The standard InChI is InChI=1S/C10H19NO3/c1-13-7-9-3-5-11(6-4-9)10(12)8-14-2/h9H,3-8H2,1-2H3. The highest BCUT2D eigenvalue weighted by Crippen LogP contribution is 2.17. The van der Waals surface area contributed by atoms with E-state index in [4.69, 9.17) is 9.47 Å². The van der Waals surface area contributed by atoms with Crippen LogP contribution in [0.2, 0.25) is 0 Å². The number of carbonyl (C=O) groups is 1. The van der Waals surface area contributed by atoms with Gasteiger partial charge in [0.1, 0.15) is 6.61 Å². The van der Waals surface area contributed by atoms with Crippen LogP contribution in [-0.4, -0.2) is 51.3 Å². The average Bonchev–Trinajstić information content (AvgIpc) is 2.20. The number of carbonyl (C=O) groups excluding carboxylic acids is 1. The van der Waals surface area contributed by atoms with E-state index in [0.29, 0.717) is 5.92 Å². The molecule has 0 aromatic carbocycles. The maximum Gasteiger partial charge on any atom is 0.248 e. The molecule has 1 amide bonds. The summed E-state index contributed by atoms with van der Waals surface area (Å²) in [7, 11) is 3.28. The van der Waals surface area contributed by atoms with Crippen LogP contribution in [0.5, 0.6) is 0 Å². The van der Waals surface area contributed by atoms with Gasteiger partial charge < -0.3 is 14.4 Å². The first-order valence-electron chi connectivity index (χ1n) is 5.03. The molecule has 0 aromatic heterocycles. The summed E-state index contributed by atoms with van der Waals surface area (Å²) in [4.78, 5) is 13.3. The topological polar surface area (TPSA) is 38.8 Å². The Morgan fingerprint density at radius 2 is 1.93 bits per heavy atom. The summed E-state index contributed by atoms with van der Waals surface area (Å²) in [5.74, 6) is 0.718. The van der Waals surface area contributed by atoms with Crippen molar-refractivity contribution < 1.29 is 14.3 Å². The first-order chi connectivity index (χ1) is 6.77. The zero-order chi connectivity index (χ0) is 10.4. The average molecular weight is 201 g/mol. The molecular formula is C10H19NO3. The van der Waals surface area contributed by atoms with Crippen molar-refractivity contribution in [1.82, 2.24) is 4.90 Å². The molecule has 1 saturated heterocycles. The van der Waals surface area contributed by atoms with Gasteiger partial charge in [0.2, 0.25) is 5.91 Å². The highest BCUT2D eigenvalue weighted by molar-refractivity contribution is 5.77. The maximum absolute atomic E-state index is 11.4. The summed E-state index contributed by atoms with van der Waals surface area (Å²) in [6.07, 6.45) is 2.09. The molecule has 0 radical (unpaired) electrons. The van der Waals surface area contributed by atoms with Gasteiger partial charge >= 0.3 is 0 Å². The Bertz CT molecular complexity index is 176. The quantitative estimate of drug-likeness (QED) is 0.665. The predicted molar refractivity (Wildman–Crippen MR) is 53.1 cm³/mol. The van der Waals surface area contributed by atoms with Crippen LogP contribution in [0.15, 0.2) is 0 Å². The maximum atomic E-state index is 11.4. The van der Waals surface area contributed by atoms with Gasteiger partial charge in [-0.05, 0) is 18.8 Å². The summed E-state index contributed by atoms with van der Waals surface area (Å²) in [5.41, 5.74) is 0. The predicted octanol–water partition coefficient (Wildman–Crippen LogP) is 0.518. The Morgan fingerprint density at radius 3 is 2.43 bits per heavy atom. The minimum Gasteiger partial charge on any atom is -0.384 e. The molecule has 4 nitrogen and oxygen atoms in total. The van der Waals surface area contributed by atoms with Gasteiger partial charge in [0, 0.05) is 33.9 Å². The lowest BCUT2D eigenvalue weighted by Gasteiger charge is -2.31. The number of amides is 1. The summed E-state index contributed by atoms with van der Waals surface area (Å²) in [6, 6.07) is 0. The lowest BCUT2D eigenvalue weighted by Crippen LogP contribution is -2.41. The lowest BCUT2D eigenvalue weighted by molar-refractivity contribution is -0.136. The van der Waals surface area contributed by atoms with Gasteiger partial charge in [-0.3, -0.25) is 4.79 Å². The van der Waals surface area contributed by atoms with E-state index in [2.05, 4.69) is 0 Å². The van der Waals surface area contributed by atoms with Crippen LogP contribution in [0, 0.1) is 5.92 Å². The fraction of sp³-hybridized carbons (Fsp3) is 0.900. The van der Waals surface area contributed by atoms with Gasteiger partial charge in [-0.2, -0.15) is 0 Å². The van der Waals surface area contributed by atoms with E-state index in [9.17, 15) is 4.79 Å². The molecule has 0 aromatic rings. The monoisotopic (exact) mass is 201 g/mol. The second kappa shape index (κ2) is 5.98. The molecule has 0 N–H and O–H groups in total. The number of nitrogens with zero attached hydrogens (tertiary/aromatic N) is 1. The second-order valence-electron chi connectivity index (χ2n) is 3.71. The number of hydrogen-bond donors (Lipinski definition) is 0. The van der Waals surface area contributed by atoms with E-state index in [1.807, 2.05) is 4.90 Å². The van der Waals surface area contributed by atoms with Crippen molar-refractivity contribution in [2.45, 2.75) is 12.8 Å². The Morgan fingerprint density at radius 1 is 1.29 bits per heavy atom. The van der Waals surface area contributed by atoms with Crippen LogP contribution in [0.3, 0.4) is 0 Å². The van der Waals surface area contributed by atoms with Crippen molar-refractivity contribution in [3.05, 3.63) is 0 Å². The van der Waals surface area contributed by atoms with Crippen molar-refractivity contribution in [3.63, 3.8) is 0 Å². The fourth-order valence-corrected chi connectivity index (χ4v) is 1.80. The zero-order valence-electron chi connectivity index (χ0n) is 8.99. The van der Waals surface area contributed by atoms with Crippen molar-refractivity contribution in [2.24, 2.45) is 5.92 Å². The highest BCUT2D eigenvalue weighted by atomic mass is 16.5. The van der Waals surface area contributed by atoms with Gasteiger partial charge in [0.05, 0.1) is 0 Å². The molecule has 0 saturated carbocycles. The Hall–Kier alpha value is -0.610. The van der Waals surface area contributed by atoms with E-state index in [1.165, 1.54) is 0 Å². The van der Waals surface area contributed by atoms with Gasteiger partial charge in [0.25, 0.3) is 0 Å². The first-order valence-corrected chi connectivity index (χ1v) is 5.03. The minimum atomic E-state index is 0.100. The van der Waals surface area contributed by atoms with Crippen molar-refractivity contribution >= 4 is 5.91 Å². The van der Waals surface area contributed by atoms with E-state index < -0.39 is 0 Å². The Labute approximate surface area is 85.2 Å². The smallest absolute Gasteiger partial charge is 0.248 e. The third-order valence-electron chi connectivity index (χ3n) is 2.64. The van der Waals surface area contributed by atoms with Crippen LogP contribution >= 0.6 is 0 Å². The van der Waals surface area contributed by atoms with Crippen LogP contribution in [0.25, 0.3) is 0 Å². The fourth-order valence-electron chi connectivity index (χ4n) is 1.80. The van der Waals surface area contributed by atoms with Crippen molar-refractivity contribution in [3.8, 4) is 0 Å². The van der Waals surface area contributed by atoms with Gasteiger partial charge in [-0.25, -0.2) is 0 Å². The molecule has 1 fully saturated rings. The SMILES string of the molecule is COCC(=O)N1CCC(COC)CC1. The van der Waals surface area contributed by atoms with E-state index in [-0.39, 0.29) is 12.5 Å². The molecular weight excluding hydrogens is 182 g/mol. The normalized spacial score (nSPS) is 18.6. The summed E-state index contributed by atoms with van der Waals surface area (Å²) >= 11 is 0. The largest absolute Gasteiger partial charge is 0.384 e. The molecule has 4 heteroatoms. The molecule has 0 bridgehead atoms. The minimum absolute atomic E-state index is 0.100. The third-order valence-corrected chi connectivity index (χ3v) is 2.64. The van der Waals surface area contributed by atoms with Gasteiger partial charge in [-0.1, -0.05) is 0 Å². The second-order valence-corrected chi connectivity index (χ2v) is 3.71. The number of likely N-dealkylation sites (tertiary alicyclic amines) is 1. The lowest BCUT2D eigenvalue weighted by atomic mass is 9.98. The van der Waals surface area contributed by atoms with E-state index >= 15 is 0 Å². The molecule has 82 valence electrons. The number of methoxy groups -OCH3 is 2. The molecule has 14 heavy (non-hydrogen) atoms. The van der Waals surface area contributed by atoms with E-state index in [1.54, 1.807) is 14.2 Å². The van der Waals surface area contributed by atoms with E-state index in [0.717, 1.165) is 32.5 Å². The summed E-state index contributed by atoms with van der Waals surface area (Å²) < 4.78 is 9.91. The van der Waals surface area contributed by atoms with Crippen LogP contribution < -0.4 is 0 Å². The summed E-state index contributed by atoms with van der Waals surface area (Å²) in [6.45, 7) is 2.70. The third kappa shape index (κ3) is 3.27. The van der Waals surface area contributed by atoms with Crippen molar-refractivity contribution in [1.29, 1.82) is 0 Å². The first kappa shape index (κ1) is 11.5. The van der Waals surface area contributed by atoms with Crippen LogP contribution in [0.4, 0.5) is 0 Å². The molecule has 0 spiro atoms. The number of hydrogen-bond acceptors (Lipinski definition) is 3. The summed E-state index contributed by atoms with van der Waals surface area (Å²) in [5, 5.41) is 0. The Kier molecular flexibility index (Phi) is 4.90.